The molecule has 4 nitrogen and oxygen atoms in total. The maximum absolute atomic E-state index is 11.9. The summed E-state index contributed by atoms with van der Waals surface area (Å²) in [6.45, 7) is 2.66. The maximum Gasteiger partial charge on any atom is 0.252 e. The van der Waals surface area contributed by atoms with Crippen LogP contribution in [0.15, 0.2) is 18.3 Å². The number of rotatable bonds is 3. The second kappa shape index (κ2) is 5.96. The molecule has 0 unspecified atom stereocenters. The number of amides is 1. The van der Waals surface area contributed by atoms with E-state index in [1.54, 1.807) is 6.20 Å². The average Bonchev–Trinajstić information content (AvgIpc) is 2.38. The second-order valence-corrected chi connectivity index (χ2v) is 5.18. The Kier molecular flexibility index (Phi) is 4.31. The second-order valence-electron chi connectivity index (χ2n) is 5.18. The normalized spacial score (nSPS) is 23.7. The zero-order valence-corrected chi connectivity index (χ0v) is 10.9. The summed E-state index contributed by atoms with van der Waals surface area (Å²) in [5.74, 6) is 0.546. The molecule has 0 saturated heterocycles. The number of hydrogen-bond donors (Lipinski definition) is 2. The van der Waals surface area contributed by atoms with Crippen LogP contribution >= 0.6 is 0 Å². The topological polar surface area (TPSA) is 68.0 Å². The molecule has 0 atom stereocenters. The van der Waals surface area contributed by atoms with E-state index in [9.17, 15) is 4.79 Å². The van der Waals surface area contributed by atoms with Crippen molar-refractivity contribution in [3.8, 4) is 0 Å². The highest BCUT2D eigenvalue weighted by molar-refractivity contribution is 5.93. The van der Waals surface area contributed by atoms with E-state index < -0.39 is 0 Å². The lowest BCUT2D eigenvalue weighted by atomic mass is 9.86. The average molecular weight is 247 g/mol. The van der Waals surface area contributed by atoms with Gasteiger partial charge < -0.3 is 11.1 Å². The van der Waals surface area contributed by atoms with Crippen molar-refractivity contribution in [3.05, 3.63) is 29.6 Å². The number of nitrogens with one attached hydrogen (secondary N) is 1. The lowest BCUT2D eigenvalue weighted by Gasteiger charge is -2.26. The molecular weight excluding hydrogens is 226 g/mol. The van der Waals surface area contributed by atoms with Gasteiger partial charge in [-0.2, -0.15) is 0 Å². The molecule has 1 aliphatic rings. The molecule has 1 aromatic heterocycles. The van der Waals surface area contributed by atoms with E-state index in [0.717, 1.165) is 37.9 Å². The molecule has 4 heteroatoms. The first-order valence-electron chi connectivity index (χ1n) is 6.61. The van der Waals surface area contributed by atoms with E-state index >= 15 is 0 Å². The molecule has 18 heavy (non-hydrogen) atoms. The molecule has 2 rings (SSSR count). The fraction of sp³-hybridized carbons (Fsp3) is 0.571. The zero-order chi connectivity index (χ0) is 13.0. The molecule has 1 saturated carbocycles. The summed E-state index contributed by atoms with van der Waals surface area (Å²) in [4.78, 5) is 16.0. The summed E-state index contributed by atoms with van der Waals surface area (Å²) >= 11 is 0. The monoisotopic (exact) mass is 247 g/mol. The van der Waals surface area contributed by atoms with Crippen LogP contribution in [-0.4, -0.2) is 23.5 Å². The molecule has 1 fully saturated rings. The zero-order valence-electron chi connectivity index (χ0n) is 10.9. The van der Waals surface area contributed by atoms with Gasteiger partial charge in [0.1, 0.15) is 0 Å². The minimum absolute atomic E-state index is 0.0302. The smallest absolute Gasteiger partial charge is 0.252 e. The van der Waals surface area contributed by atoms with E-state index in [0.29, 0.717) is 17.5 Å². The highest BCUT2D eigenvalue weighted by Crippen LogP contribution is 2.22. The molecule has 1 aliphatic carbocycles. The first-order chi connectivity index (χ1) is 8.65. The lowest BCUT2D eigenvalue weighted by Crippen LogP contribution is -2.34. The molecular formula is C14H21N3O. The summed E-state index contributed by atoms with van der Waals surface area (Å²) in [5.41, 5.74) is 7.42. The largest absolute Gasteiger partial charge is 0.352 e. The third-order valence-corrected chi connectivity index (χ3v) is 3.62. The molecule has 1 heterocycles. The summed E-state index contributed by atoms with van der Waals surface area (Å²) in [6.07, 6.45) is 6.02. The number of carbonyl (C=O) groups excluding carboxylic acids is 1. The molecule has 0 radical (unpaired) electrons. The maximum atomic E-state index is 11.9. The van der Waals surface area contributed by atoms with Gasteiger partial charge in [-0.3, -0.25) is 9.78 Å². The SMILES string of the molecule is Cc1ccc(C(=O)NCC2CCC(N)CC2)cn1. The molecule has 1 aromatic rings. The number of carbonyl (C=O) groups is 1. The minimum atomic E-state index is -0.0302. The quantitative estimate of drug-likeness (QED) is 0.853. The van der Waals surface area contributed by atoms with Crippen molar-refractivity contribution in [1.82, 2.24) is 10.3 Å². The number of hydrogen-bond acceptors (Lipinski definition) is 3. The van der Waals surface area contributed by atoms with Gasteiger partial charge in [0, 0.05) is 24.5 Å². The molecule has 1 amide bonds. The van der Waals surface area contributed by atoms with Crippen LogP contribution in [-0.2, 0) is 0 Å². The Balaban J connectivity index is 1.79. The Bertz CT molecular complexity index is 394. The van der Waals surface area contributed by atoms with E-state index in [-0.39, 0.29) is 5.91 Å². The first-order valence-corrected chi connectivity index (χ1v) is 6.61. The van der Waals surface area contributed by atoms with Gasteiger partial charge >= 0.3 is 0 Å². The Hall–Kier alpha value is -1.42. The standard InChI is InChI=1S/C14H21N3O/c1-10-2-5-12(9-16-10)14(18)17-8-11-3-6-13(15)7-4-11/h2,5,9,11,13H,3-4,6-8,15H2,1H3,(H,17,18). The van der Waals surface area contributed by atoms with Gasteiger partial charge in [0.25, 0.3) is 5.91 Å². The Morgan fingerprint density at radius 1 is 1.39 bits per heavy atom. The van der Waals surface area contributed by atoms with Crippen LogP contribution in [0.4, 0.5) is 0 Å². The van der Waals surface area contributed by atoms with Gasteiger partial charge in [0.05, 0.1) is 5.56 Å². The minimum Gasteiger partial charge on any atom is -0.352 e. The first kappa shape index (κ1) is 13.0. The summed E-state index contributed by atoms with van der Waals surface area (Å²) in [7, 11) is 0. The number of nitrogens with two attached hydrogens (primary N) is 1. The van der Waals surface area contributed by atoms with Crippen LogP contribution in [0.3, 0.4) is 0 Å². The predicted octanol–water partition coefficient (Wildman–Crippen LogP) is 1.64. The fourth-order valence-corrected chi connectivity index (χ4v) is 2.33. The summed E-state index contributed by atoms with van der Waals surface area (Å²) < 4.78 is 0. The third kappa shape index (κ3) is 3.53. The van der Waals surface area contributed by atoms with Gasteiger partial charge in [-0.15, -0.1) is 0 Å². The number of nitrogens with zero attached hydrogens (tertiary/aromatic N) is 1. The fourth-order valence-electron chi connectivity index (χ4n) is 2.33. The van der Waals surface area contributed by atoms with E-state index in [1.807, 2.05) is 19.1 Å². The van der Waals surface area contributed by atoms with Crippen LogP contribution in [0.2, 0.25) is 0 Å². The van der Waals surface area contributed by atoms with Crippen molar-refractivity contribution in [2.45, 2.75) is 38.6 Å². The van der Waals surface area contributed by atoms with Gasteiger partial charge in [0.2, 0.25) is 0 Å². The molecule has 0 bridgehead atoms. The summed E-state index contributed by atoms with van der Waals surface area (Å²) in [5, 5.41) is 2.98. The van der Waals surface area contributed by atoms with Crippen LogP contribution in [0.1, 0.15) is 41.7 Å². The highest BCUT2D eigenvalue weighted by atomic mass is 16.1. The third-order valence-electron chi connectivity index (χ3n) is 3.62. The van der Waals surface area contributed by atoms with Crippen molar-refractivity contribution >= 4 is 5.91 Å². The molecule has 0 aromatic carbocycles. The number of aromatic nitrogens is 1. The van der Waals surface area contributed by atoms with Gasteiger partial charge in [-0.05, 0) is 50.7 Å². The Morgan fingerprint density at radius 3 is 2.72 bits per heavy atom. The van der Waals surface area contributed by atoms with E-state index in [2.05, 4.69) is 10.3 Å². The van der Waals surface area contributed by atoms with Gasteiger partial charge in [-0.1, -0.05) is 0 Å². The Morgan fingerprint density at radius 2 is 2.11 bits per heavy atom. The van der Waals surface area contributed by atoms with Crippen molar-refractivity contribution in [3.63, 3.8) is 0 Å². The lowest BCUT2D eigenvalue weighted by molar-refractivity contribution is 0.0942. The summed E-state index contributed by atoms with van der Waals surface area (Å²) in [6, 6.07) is 4.03. The molecule has 98 valence electrons. The van der Waals surface area contributed by atoms with Gasteiger partial charge in [-0.25, -0.2) is 0 Å². The van der Waals surface area contributed by atoms with Crippen LogP contribution in [0, 0.1) is 12.8 Å². The van der Waals surface area contributed by atoms with Crippen molar-refractivity contribution in [2.75, 3.05) is 6.54 Å². The Labute approximate surface area is 108 Å². The molecule has 3 N–H and O–H groups in total. The van der Waals surface area contributed by atoms with Crippen molar-refractivity contribution in [2.24, 2.45) is 11.7 Å². The number of pyridine rings is 1. The van der Waals surface area contributed by atoms with Gasteiger partial charge in [0.15, 0.2) is 0 Å². The predicted molar refractivity (Wildman–Crippen MR) is 71.2 cm³/mol. The van der Waals surface area contributed by atoms with E-state index in [4.69, 9.17) is 5.73 Å². The van der Waals surface area contributed by atoms with Crippen molar-refractivity contribution in [1.29, 1.82) is 0 Å². The molecule has 0 aliphatic heterocycles. The number of aryl methyl sites for hydroxylation is 1. The van der Waals surface area contributed by atoms with Crippen LogP contribution < -0.4 is 11.1 Å². The van der Waals surface area contributed by atoms with Crippen LogP contribution in [0.25, 0.3) is 0 Å². The van der Waals surface area contributed by atoms with E-state index in [1.165, 1.54) is 0 Å². The highest BCUT2D eigenvalue weighted by Gasteiger charge is 2.19. The van der Waals surface area contributed by atoms with Crippen LogP contribution in [0.5, 0.6) is 0 Å². The van der Waals surface area contributed by atoms with Crippen molar-refractivity contribution < 1.29 is 4.79 Å². The molecule has 0 spiro atoms.